The number of rotatable bonds is 6. The van der Waals surface area contributed by atoms with Gasteiger partial charge < -0.3 is 10.7 Å². The van der Waals surface area contributed by atoms with Gasteiger partial charge in [0.05, 0.1) is 5.25 Å². The second-order valence-electron chi connectivity index (χ2n) is 4.93. The summed E-state index contributed by atoms with van der Waals surface area (Å²) in [7, 11) is 0. The standard InChI is InChI=1S/C13H20N4O3S/c1-4-5-8-6-9(18)16-13(15-8)21-10(7(2)3)11(19)17-12(14)20/h6-7,10H,4-5H2,1-3H3,(H,15,16,18)(H3,14,17,19,20). The highest BCUT2D eigenvalue weighted by molar-refractivity contribution is 8.00. The van der Waals surface area contributed by atoms with Gasteiger partial charge in [-0.25, -0.2) is 9.78 Å². The molecule has 1 rings (SSSR count). The third-order valence-corrected chi connectivity index (χ3v) is 4.06. The van der Waals surface area contributed by atoms with Crippen molar-refractivity contribution < 1.29 is 9.59 Å². The first-order chi connectivity index (χ1) is 9.83. The Kier molecular flexibility index (Phi) is 6.41. The third-order valence-electron chi connectivity index (χ3n) is 2.63. The van der Waals surface area contributed by atoms with Gasteiger partial charge in [0.25, 0.3) is 5.56 Å². The van der Waals surface area contributed by atoms with Crippen LogP contribution < -0.4 is 16.6 Å². The summed E-state index contributed by atoms with van der Waals surface area (Å²) in [6, 6.07) is 0.550. The normalized spacial score (nSPS) is 12.2. The van der Waals surface area contributed by atoms with Crippen LogP contribution in [-0.4, -0.2) is 27.2 Å². The topological polar surface area (TPSA) is 118 Å². The summed E-state index contributed by atoms with van der Waals surface area (Å²) < 4.78 is 0. The van der Waals surface area contributed by atoms with Crippen molar-refractivity contribution in [1.29, 1.82) is 0 Å². The number of nitrogens with zero attached hydrogens (tertiary/aromatic N) is 1. The average molecular weight is 312 g/mol. The molecule has 8 heteroatoms. The molecule has 116 valence electrons. The Labute approximate surface area is 127 Å². The number of thioether (sulfide) groups is 1. The lowest BCUT2D eigenvalue weighted by Gasteiger charge is -2.18. The van der Waals surface area contributed by atoms with Crippen molar-refractivity contribution in [2.75, 3.05) is 0 Å². The quantitative estimate of drug-likeness (QED) is 0.535. The molecule has 1 unspecified atom stereocenters. The second kappa shape index (κ2) is 7.82. The number of amides is 3. The van der Waals surface area contributed by atoms with Crippen molar-refractivity contribution in [3.05, 3.63) is 22.1 Å². The molecule has 0 aliphatic carbocycles. The average Bonchev–Trinajstić information content (AvgIpc) is 2.34. The molecule has 0 aromatic carbocycles. The van der Waals surface area contributed by atoms with Crippen LogP contribution in [0.3, 0.4) is 0 Å². The summed E-state index contributed by atoms with van der Waals surface area (Å²) in [5.41, 5.74) is 5.39. The maximum Gasteiger partial charge on any atom is 0.318 e. The first-order valence-corrected chi connectivity index (χ1v) is 7.58. The number of carbonyl (C=O) groups excluding carboxylic acids is 2. The number of aromatic amines is 1. The molecule has 4 N–H and O–H groups in total. The van der Waals surface area contributed by atoms with E-state index in [9.17, 15) is 14.4 Å². The largest absolute Gasteiger partial charge is 0.351 e. The van der Waals surface area contributed by atoms with Crippen LogP contribution in [0.25, 0.3) is 0 Å². The molecule has 0 saturated carbocycles. The molecule has 0 spiro atoms. The van der Waals surface area contributed by atoms with Gasteiger partial charge in [0.2, 0.25) is 5.91 Å². The summed E-state index contributed by atoms with van der Waals surface area (Å²) in [6.45, 7) is 5.67. The van der Waals surface area contributed by atoms with Crippen molar-refractivity contribution in [1.82, 2.24) is 15.3 Å². The van der Waals surface area contributed by atoms with Gasteiger partial charge in [-0.2, -0.15) is 0 Å². The molecular weight excluding hydrogens is 292 g/mol. The molecule has 0 radical (unpaired) electrons. The number of carbonyl (C=O) groups is 2. The monoisotopic (exact) mass is 312 g/mol. The fourth-order valence-electron chi connectivity index (χ4n) is 1.73. The van der Waals surface area contributed by atoms with Crippen molar-refractivity contribution in [2.45, 2.75) is 44.0 Å². The number of primary amides is 1. The SMILES string of the molecule is CCCc1cc(=O)[nH]c(SC(C(=O)NC(N)=O)C(C)C)n1. The van der Waals surface area contributed by atoms with Gasteiger partial charge in [-0.1, -0.05) is 39.0 Å². The Morgan fingerprint density at radius 3 is 2.67 bits per heavy atom. The smallest absolute Gasteiger partial charge is 0.318 e. The van der Waals surface area contributed by atoms with E-state index in [0.717, 1.165) is 18.2 Å². The van der Waals surface area contributed by atoms with Crippen LogP contribution in [0.4, 0.5) is 4.79 Å². The fourth-order valence-corrected chi connectivity index (χ4v) is 2.74. The van der Waals surface area contributed by atoms with E-state index in [-0.39, 0.29) is 11.5 Å². The van der Waals surface area contributed by atoms with Crippen LogP contribution in [-0.2, 0) is 11.2 Å². The van der Waals surface area contributed by atoms with E-state index in [2.05, 4.69) is 15.3 Å². The van der Waals surface area contributed by atoms with Gasteiger partial charge in [-0.05, 0) is 12.3 Å². The van der Waals surface area contributed by atoms with Gasteiger partial charge in [0.15, 0.2) is 5.16 Å². The number of aromatic nitrogens is 2. The van der Waals surface area contributed by atoms with Crippen LogP contribution in [0.15, 0.2) is 16.0 Å². The lowest BCUT2D eigenvalue weighted by Crippen LogP contribution is -2.42. The number of nitrogens with two attached hydrogens (primary N) is 1. The molecule has 1 atom stereocenters. The summed E-state index contributed by atoms with van der Waals surface area (Å²) in [5, 5.41) is 1.85. The molecule has 3 amide bonds. The minimum absolute atomic E-state index is 0.0607. The van der Waals surface area contributed by atoms with E-state index in [0.29, 0.717) is 17.3 Å². The van der Waals surface area contributed by atoms with E-state index in [1.807, 2.05) is 20.8 Å². The minimum atomic E-state index is -0.896. The van der Waals surface area contributed by atoms with E-state index < -0.39 is 17.2 Å². The predicted molar refractivity (Wildman–Crippen MR) is 81.1 cm³/mol. The lowest BCUT2D eigenvalue weighted by molar-refractivity contribution is -0.120. The van der Waals surface area contributed by atoms with E-state index in [1.54, 1.807) is 0 Å². The molecule has 0 aliphatic rings. The first-order valence-electron chi connectivity index (χ1n) is 6.70. The number of nitrogens with one attached hydrogen (secondary N) is 2. The van der Waals surface area contributed by atoms with Crippen molar-refractivity contribution in [3.8, 4) is 0 Å². The molecule has 0 saturated heterocycles. The van der Waals surface area contributed by atoms with Crippen LogP contribution in [0.5, 0.6) is 0 Å². The maximum atomic E-state index is 11.9. The summed E-state index contributed by atoms with van der Waals surface area (Å²) in [6.07, 6.45) is 1.56. The first kappa shape index (κ1) is 17.2. The third kappa shape index (κ3) is 5.58. The van der Waals surface area contributed by atoms with Gasteiger partial charge in [-0.15, -0.1) is 0 Å². The number of H-pyrrole nitrogens is 1. The minimum Gasteiger partial charge on any atom is -0.351 e. The molecule has 0 aliphatic heterocycles. The molecule has 21 heavy (non-hydrogen) atoms. The molecule has 0 bridgehead atoms. The Bertz CT molecular complexity index is 571. The van der Waals surface area contributed by atoms with Crippen LogP contribution in [0.2, 0.25) is 0 Å². The van der Waals surface area contributed by atoms with Crippen molar-refractivity contribution in [2.24, 2.45) is 11.7 Å². The predicted octanol–water partition coefficient (Wildman–Crippen LogP) is 1.03. The lowest BCUT2D eigenvalue weighted by atomic mass is 10.1. The molecular formula is C13H20N4O3S. The number of hydrogen-bond acceptors (Lipinski definition) is 5. The van der Waals surface area contributed by atoms with Gasteiger partial charge in [-0.3, -0.25) is 14.9 Å². The number of hydrogen-bond donors (Lipinski definition) is 3. The van der Waals surface area contributed by atoms with E-state index in [4.69, 9.17) is 5.73 Å². The fraction of sp³-hybridized carbons (Fsp3) is 0.538. The van der Waals surface area contributed by atoms with E-state index in [1.165, 1.54) is 6.07 Å². The summed E-state index contributed by atoms with van der Waals surface area (Å²) in [5.74, 6) is -0.555. The van der Waals surface area contributed by atoms with Crippen molar-refractivity contribution >= 4 is 23.7 Å². The van der Waals surface area contributed by atoms with Crippen LogP contribution in [0, 0.1) is 5.92 Å². The second-order valence-corrected chi connectivity index (χ2v) is 6.06. The molecule has 0 fully saturated rings. The highest BCUT2D eigenvalue weighted by Gasteiger charge is 2.25. The molecule has 1 aromatic rings. The van der Waals surface area contributed by atoms with Crippen molar-refractivity contribution in [3.63, 3.8) is 0 Å². The Hall–Kier alpha value is -1.83. The number of urea groups is 1. The van der Waals surface area contributed by atoms with Crippen LogP contribution in [0.1, 0.15) is 32.9 Å². The highest BCUT2D eigenvalue weighted by Crippen LogP contribution is 2.25. The summed E-state index contributed by atoms with van der Waals surface area (Å²) >= 11 is 1.11. The highest BCUT2D eigenvalue weighted by atomic mass is 32.2. The molecule has 1 heterocycles. The Morgan fingerprint density at radius 2 is 2.14 bits per heavy atom. The zero-order valence-corrected chi connectivity index (χ0v) is 13.1. The van der Waals surface area contributed by atoms with Gasteiger partial charge in [0, 0.05) is 11.8 Å². The zero-order valence-electron chi connectivity index (χ0n) is 12.3. The molecule has 1 aromatic heterocycles. The Morgan fingerprint density at radius 1 is 1.48 bits per heavy atom. The number of aryl methyl sites for hydroxylation is 1. The van der Waals surface area contributed by atoms with E-state index >= 15 is 0 Å². The molecule has 7 nitrogen and oxygen atoms in total. The van der Waals surface area contributed by atoms with Crippen LogP contribution >= 0.6 is 11.8 Å². The number of imide groups is 1. The summed E-state index contributed by atoms with van der Waals surface area (Å²) in [4.78, 5) is 41.3. The van der Waals surface area contributed by atoms with Gasteiger partial charge >= 0.3 is 6.03 Å². The zero-order chi connectivity index (χ0) is 16.0. The maximum absolute atomic E-state index is 11.9. The Balaban J connectivity index is 2.96. The van der Waals surface area contributed by atoms with Gasteiger partial charge in [0.1, 0.15) is 0 Å².